The number of fused-ring (bicyclic) bond motifs is 1. The molecule has 1 N–H and O–H groups in total. The molecular formula is C12H9Cl2F3N2. The molecule has 2 aromatic rings. The van der Waals surface area contributed by atoms with Crippen LogP contribution in [-0.2, 0) is 6.18 Å². The number of anilines is 1. The molecule has 0 atom stereocenters. The first kappa shape index (κ1) is 14.2. The van der Waals surface area contributed by atoms with Crippen molar-refractivity contribution in [2.24, 2.45) is 0 Å². The lowest BCUT2D eigenvalue weighted by atomic mass is 10.1. The van der Waals surface area contributed by atoms with Crippen molar-refractivity contribution in [3.63, 3.8) is 0 Å². The van der Waals surface area contributed by atoms with Gasteiger partial charge in [0.2, 0.25) is 0 Å². The summed E-state index contributed by atoms with van der Waals surface area (Å²) < 4.78 is 38.3. The Morgan fingerprint density at radius 2 is 1.84 bits per heavy atom. The van der Waals surface area contributed by atoms with Crippen molar-refractivity contribution in [1.29, 1.82) is 0 Å². The normalized spacial score (nSPS) is 11.9. The maximum absolute atomic E-state index is 12.8. The second-order valence-electron chi connectivity index (χ2n) is 4.02. The SMILES string of the molecule is CNc1cc(C(F)(F)F)nc2c(Cl)cc(C)c(Cl)c12. The summed E-state index contributed by atoms with van der Waals surface area (Å²) in [4.78, 5) is 3.58. The lowest BCUT2D eigenvalue weighted by Crippen LogP contribution is -2.09. The highest BCUT2D eigenvalue weighted by molar-refractivity contribution is 6.41. The molecule has 1 aromatic carbocycles. The predicted octanol–water partition coefficient (Wildman–Crippen LogP) is 4.91. The van der Waals surface area contributed by atoms with E-state index in [1.165, 1.54) is 13.1 Å². The van der Waals surface area contributed by atoms with Gasteiger partial charge >= 0.3 is 6.18 Å². The molecule has 0 bridgehead atoms. The van der Waals surface area contributed by atoms with Gasteiger partial charge in [0.25, 0.3) is 0 Å². The van der Waals surface area contributed by atoms with E-state index in [0.29, 0.717) is 16.0 Å². The van der Waals surface area contributed by atoms with Crippen molar-refractivity contribution < 1.29 is 13.2 Å². The van der Waals surface area contributed by atoms with E-state index in [4.69, 9.17) is 23.2 Å². The molecule has 7 heteroatoms. The molecule has 19 heavy (non-hydrogen) atoms. The zero-order valence-corrected chi connectivity index (χ0v) is 11.5. The van der Waals surface area contributed by atoms with Crippen LogP contribution < -0.4 is 5.32 Å². The third-order valence-electron chi connectivity index (χ3n) is 2.71. The number of aromatic nitrogens is 1. The molecule has 0 aliphatic rings. The fourth-order valence-electron chi connectivity index (χ4n) is 1.80. The van der Waals surface area contributed by atoms with Gasteiger partial charge in [-0.25, -0.2) is 4.98 Å². The second-order valence-corrected chi connectivity index (χ2v) is 4.80. The molecule has 0 aliphatic carbocycles. The predicted molar refractivity (Wildman–Crippen MR) is 71.0 cm³/mol. The third kappa shape index (κ3) is 2.44. The van der Waals surface area contributed by atoms with E-state index in [2.05, 4.69) is 10.3 Å². The number of benzene rings is 1. The quantitative estimate of drug-likeness (QED) is 0.809. The molecule has 1 heterocycles. The standard InChI is InChI=1S/C12H9Cl2F3N2/c1-5-3-6(13)11-9(10(5)14)7(18-2)4-8(19-11)12(15,16)17/h3-4H,1-2H3,(H,18,19). The molecule has 0 aliphatic heterocycles. The number of hydrogen-bond acceptors (Lipinski definition) is 2. The molecule has 0 fully saturated rings. The monoisotopic (exact) mass is 308 g/mol. The van der Waals surface area contributed by atoms with Crippen LogP contribution in [0.25, 0.3) is 10.9 Å². The molecule has 0 saturated carbocycles. The molecular weight excluding hydrogens is 300 g/mol. The van der Waals surface area contributed by atoms with Crippen LogP contribution >= 0.6 is 23.2 Å². The zero-order chi connectivity index (χ0) is 14.4. The van der Waals surface area contributed by atoms with E-state index < -0.39 is 11.9 Å². The maximum Gasteiger partial charge on any atom is 0.433 e. The number of pyridine rings is 1. The Kier molecular flexibility index (Phi) is 3.53. The van der Waals surface area contributed by atoms with Gasteiger partial charge in [0.05, 0.1) is 15.6 Å². The van der Waals surface area contributed by atoms with E-state index in [0.717, 1.165) is 6.07 Å². The van der Waals surface area contributed by atoms with Crippen LogP contribution in [0.3, 0.4) is 0 Å². The van der Waals surface area contributed by atoms with Crippen LogP contribution in [0.5, 0.6) is 0 Å². The van der Waals surface area contributed by atoms with Gasteiger partial charge in [-0.1, -0.05) is 23.2 Å². The highest BCUT2D eigenvalue weighted by Gasteiger charge is 2.34. The molecule has 2 nitrogen and oxygen atoms in total. The minimum atomic E-state index is -4.54. The molecule has 0 amide bonds. The van der Waals surface area contributed by atoms with E-state index in [1.54, 1.807) is 6.92 Å². The number of hydrogen-bond donors (Lipinski definition) is 1. The van der Waals surface area contributed by atoms with E-state index in [1.807, 2.05) is 0 Å². The summed E-state index contributed by atoms with van der Waals surface area (Å²) in [7, 11) is 1.52. The highest BCUT2D eigenvalue weighted by Crippen LogP contribution is 2.39. The molecule has 2 rings (SSSR count). The smallest absolute Gasteiger partial charge is 0.387 e. The Hall–Kier alpha value is -1.20. The first-order chi connectivity index (χ1) is 8.75. The van der Waals surface area contributed by atoms with Gasteiger partial charge in [-0.3, -0.25) is 0 Å². The van der Waals surface area contributed by atoms with Gasteiger partial charge in [0.15, 0.2) is 0 Å². The van der Waals surface area contributed by atoms with Gasteiger partial charge in [-0.15, -0.1) is 0 Å². The summed E-state index contributed by atoms with van der Waals surface area (Å²) in [6.45, 7) is 1.73. The van der Waals surface area contributed by atoms with Crippen LogP contribution in [0.4, 0.5) is 18.9 Å². The third-order valence-corrected chi connectivity index (χ3v) is 3.49. The Labute approximate surface area is 117 Å². The Morgan fingerprint density at radius 1 is 1.21 bits per heavy atom. The summed E-state index contributed by atoms with van der Waals surface area (Å²) >= 11 is 12.1. The van der Waals surface area contributed by atoms with Gasteiger partial charge in [-0.2, -0.15) is 13.2 Å². The minimum absolute atomic E-state index is 0.0384. The minimum Gasteiger partial charge on any atom is -0.387 e. The number of halogens is 5. The zero-order valence-electron chi connectivity index (χ0n) is 9.99. The Morgan fingerprint density at radius 3 is 2.37 bits per heavy atom. The van der Waals surface area contributed by atoms with Crippen LogP contribution in [0.15, 0.2) is 12.1 Å². The number of aryl methyl sites for hydroxylation is 1. The van der Waals surface area contributed by atoms with Crippen molar-refractivity contribution in [3.05, 3.63) is 33.4 Å². The average molecular weight is 309 g/mol. The molecule has 102 valence electrons. The summed E-state index contributed by atoms with van der Waals surface area (Å²) in [6, 6.07) is 2.42. The molecule has 0 saturated heterocycles. The summed E-state index contributed by atoms with van der Waals surface area (Å²) in [5.74, 6) is 0. The van der Waals surface area contributed by atoms with E-state index >= 15 is 0 Å². The van der Waals surface area contributed by atoms with Crippen LogP contribution in [0, 0.1) is 6.92 Å². The lowest BCUT2D eigenvalue weighted by Gasteiger charge is -2.14. The average Bonchev–Trinajstić information content (AvgIpc) is 2.33. The lowest BCUT2D eigenvalue weighted by molar-refractivity contribution is -0.140. The highest BCUT2D eigenvalue weighted by atomic mass is 35.5. The maximum atomic E-state index is 12.8. The summed E-state index contributed by atoms with van der Waals surface area (Å²) in [5, 5.41) is 3.56. The first-order valence-corrected chi connectivity index (χ1v) is 6.05. The summed E-state index contributed by atoms with van der Waals surface area (Å²) in [6.07, 6.45) is -4.54. The van der Waals surface area contributed by atoms with Crippen molar-refractivity contribution in [2.75, 3.05) is 12.4 Å². The number of nitrogens with zero attached hydrogens (tertiary/aromatic N) is 1. The molecule has 0 unspecified atom stereocenters. The van der Waals surface area contributed by atoms with Gasteiger partial charge in [-0.05, 0) is 24.6 Å². The summed E-state index contributed by atoms with van der Waals surface area (Å²) in [5.41, 5.74) is -0.0484. The first-order valence-electron chi connectivity index (χ1n) is 5.30. The topological polar surface area (TPSA) is 24.9 Å². The van der Waals surface area contributed by atoms with Crippen molar-refractivity contribution >= 4 is 39.8 Å². The molecule has 0 radical (unpaired) electrons. The van der Waals surface area contributed by atoms with Crippen molar-refractivity contribution in [3.8, 4) is 0 Å². The van der Waals surface area contributed by atoms with Gasteiger partial charge < -0.3 is 5.32 Å². The van der Waals surface area contributed by atoms with Gasteiger partial charge in [0, 0.05) is 18.1 Å². The van der Waals surface area contributed by atoms with Crippen molar-refractivity contribution in [1.82, 2.24) is 4.98 Å². The second kappa shape index (κ2) is 4.72. The number of alkyl halides is 3. The molecule has 1 aromatic heterocycles. The number of nitrogens with one attached hydrogen (secondary N) is 1. The van der Waals surface area contributed by atoms with Crippen LogP contribution in [0.2, 0.25) is 10.0 Å². The van der Waals surface area contributed by atoms with Crippen LogP contribution in [0.1, 0.15) is 11.3 Å². The van der Waals surface area contributed by atoms with E-state index in [9.17, 15) is 13.2 Å². The molecule has 0 spiro atoms. The number of rotatable bonds is 1. The fourth-order valence-corrected chi connectivity index (χ4v) is 2.35. The van der Waals surface area contributed by atoms with Crippen LogP contribution in [-0.4, -0.2) is 12.0 Å². The van der Waals surface area contributed by atoms with Crippen molar-refractivity contribution in [2.45, 2.75) is 13.1 Å². The van der Waals surface area contributed by atoms with Gasteiger partial charge in [0.1, 0.15) is 5.69 Å². The fraction of sp³-hybridized carbons (Fsp3) is 0.250. The largest absolute Gasteiger partial charge is 0.433 e. The Bertz CT molecular complexity index is 654. The van der Waals surface area contributed by atoms with E-state index in [-0.39, 0.29) is 16.2 Å². The Balaban J connectivity index is 2.93.